The molecule has 4 nitrogen and oxygen atoms in total. The zero-order valence-electron chi connectivity index (χ0n) is 9.20. The van der Waals surface area contributed by atoms with Crippen LogP contribution in [0.5, 0.6) is 0 Å². The maximum Gasteiger partial charge on any atom is 0.193 e. The Balaban J connectivity index is 1.86. The predicted molar refractivity (Wildman–Crippen MR) is 60.7 cm³/mol. The van der Waals surface area contributed by atoms with Crippen LogP contribution in [0.1, 0.15) is 18.6 Å². The van der Waals surface area contributed by atoms with Gasteiger partial charge in [-0.05, 0) is 39.0 Å². The van der Waals surface area contributed by atoms with Crippen LogP contribution in [0.25, 0.3) is 0 Å². The van der Waals surface area contributed by atoms with E-state index >= 15 is 0 Å². The lowest BCUT2D eigenvalue weighted by Gasteiger charge is -2.29. The summed E-state index contributed by atoms with van der Waals surface area (Å²) in [7, 11) is 2.16. The van der Waals surface area contributed by atoms with Crippen LogP contribution in [-0.2, 0) is 6.54 Å². The fourth-order valence-corrected chi connectivity index (χ4v) is 1.92. The Morgan fingerprint density at radius 2 is 2.20 bits per heavy atom. The van der Waals surface area contributed by atoms with Gasteiger partial charge in [0.1, 0.15) is 5.76 Å². The molecule has 0 atom stereocenters. The molecular weight excluding hydrogens is 190 g/mol. The van der Waals surface area contributed by atoms with E-state index < -0.39 is 0 Å². The van der Waals surface area contributed by atoms with Crippen molar-refractivity contribution in [2.75, 3.05) is 25.5 Å². The second-order valence-corrected chi connectivity index (χ2v) is 4.19. The van der Waals surface area contributed by atoms with Crippen molar-refractivity contribution >= 4 is 5.88 Å². The Labute approximate surface area is 90.4 Å². The highest BCUT2D eigenvalue weighted by atomic mass is 16.4. The third-order valence-electron chi connectivity index (χ3n) is 2.93. The molecule has 1 fully saturated rings. The van der Waals surface area contributed by atoms with E-state index in [0.717, 1.165) is 24.7 Å². The largest absolute Gasteiger partial charge is 0.444 e. The highest BCUT2D eigenvalue weighted by Gasteiger charge is 2.17. The van der Waals surface area contributed by atoms with E-state index in [1.165, 1.54) is 12.8 Å². The molecule has 0 saturated carbocycles. The summed E-state index contributed by atoms with van der Waals surface area (Å²) in [5.74, 6) is 1.69. The fourth-order valence-electron chi connectivity index (χ4n) is 1.92. The van der Waals surface area contributed by atoms with Crippen molar-refractivity contribution in [2.45, 2.75) is 25.4 Å². The summed E-state index contributed by atoms with van der Waals surface area (Å²) in [5.41, 5.74) is 5.49. The Morgan fingerprint density at radius 3 is 2.80 bits per heavy atom. The first-order valence-electron chi connectivity index (χ1n) is 5.52. The minimum absolute atomic E-state index is 0.467. The standard InChI is InChI=1S/C11H19N3O/c1-14-6-4-9(5-7-14)13-11-3-2-10(8-12)15-11/h2-3,9,13H,4-8,12H2,1H3. The molecule has 1 aromatic heterocycles. The van der Waals surface area contributed by atoms with E-state index in [1.807, 2.05) is 12.1 Å². The molecule has 1 aromatic rings. The number of likely N-dealkylation sites (tertiary alicyclic amines) is 1. The Hall–Kier alpha value is -1.00. The van der Waals surface area contributed by atoms with Crippen molar-refractivity contribution in [1.29, 1.82) is 0 Å². The number of hydrogen-bond donors (Lipinski definition) is 2. The molecule has 2 heterocycles. The average molecular weight is 209 g/mol. The molecule has 0 unspecified atom stereocenters. The maximum absolute atomic E-state index is 5.51. The lowest BCUT2D eigenvalue weighted by Crippen LogP contribution is -2.36. The number of hydrogen-bond acceptors (Lipinski definition) is 4. The van der Waals surface area contributed by atoms with Crippen LogP contribution in [-0.4, -0.2) is 31.1 Å². The molecular formula is C11H19N3O. The zero-order chi connectivity index (χ0) is 10.7. The maximum atomic E-state index is 5.51. The zero-order valence-corrected chi connectivity index (χ0v) is 9.20. The molecule has 2 rings (SSSR count). The molecule has 4 heteroatoms. The molecule has 1 saturated heterocycles. The number of anilines is 1. The van der Waals surface area contributed by atoms with Gasteiger partial charge in [-0.15, -0.1) is 0 Å². The summed E-state index contributed by atoms with van der Waals surface area (Å²) in [6, 6.07) is 4.43. The van der Waals surface area contributed by atoms with E-state index in [2.05, 4.69) is 17.3 Å². The minimum atomic E-state index is 0.467. The quantitative estimate of drug-likeness (QED) is 0.786. The number of nitrogens with two attached hydrogens (primary N) is 1. The van der Waals surface area contributed by atoms with E-state index in [-0.39, 0.29) is 0 Å². The number of nitrogens with one attached hydrogen (secondary N) is 1. The minimum Gasteiger partial charge on any atom is -0.444 e. The highest BCUT2D eigenvalue weighted by molar-refractivity contribution is 5.33. The third kappa shape index (κ3) is 2.73. The molecule has 1 aliphatic rings. The van der Waals surface area contributed by atoms with E-state index in [4.69, 9.17) is 10.2 Å². The molecule has 0 amide bonds. The van der Waals surface area contributed by atoms with E-state index in [1.54, 1.807) is 0 Å². The smallest absolute Gasteiger partial charge is 0.193 e. The van der Waals surface area contributed by atoms with Gasteiger partial charge in [0.05, 0.1) is 6.54 Å². The molecule has 0 aromatic carbocycles. The summed E-state index contributed by atoms with van der Waals surface area (Å²) in [5, 5.41) is 3.41. The van der Waals surface area contributed by atoms with Crippen molar-refractivity contribution in [3.63, 3.8) is 0 Å². The molecule has 0 spiro atoms. The van der Waals surface area contributed by atoms with Crippen molar-refractivity contribution in [1.82, 2.24) is 4.90 Å². The van der Waals surface area contributed by atoms with Gasteiger partial charge < -0.3 is 20.4 Å². The summed E-state index contributed by atoms with van der Waals surface area (Å²) in [4.78, 5) is 2.35. The van der Waals surface area contributed by atoms with Gasteiger partial charge in [0, 0.05) is 12.1 Å². The van der Waals surface area contributed by atoms with E-state index in [0.29, 0.717) is 12.6 Å². The number of piperidine rings is 1. The van der Waals surface area contributed by atoms with Crippen LogP contribution in [0.3, 0.4) is 0 Å². The van der Waals surface area contributed by atoms with Crippen LogP contribution < -0.4 is 11.1 Å². The first-order chi connectivity index (χ1) is 7.28. The van der Waals surface area contributed by atoms with Gasteiger partial charge in [0.25, 0.3) is 0 Å². The van der Waals surface area contributed by atoms with Crippen LogP contribution >= 0.6 is 0 Å². The second kappa shape index (κ2) is 4.68. The third-order valence-corrected chi connectivity index (χ3v) is 2.93. The van der Waals surface area contributed by atoms with Gasteiger partial charge in [0.15, 0.2) is 5.88 Å². The predicted octanol–water partition coefficient (Wildman–Crippen LogP) is 1.24. The monoisotopic (exact) mass is 209 g/mol. The first kappa shape index (κ1) is 10.5. The Bertz CT molecular complexity index is 303. The summed E-state index contributed by atoms with van der Waals surface area (Å²) >= 11 is 0. The lowest BCUT2D eigenvalue weighted by atomic mass is 10.1. The fraction of sp³-hybridized carbons (Fsp3) is 0.636. The van der Waals surface area contributed by atoms with Crippen molar-refractivity contribution in [3.05, 3.63) is 17.9 Å². The van der Waals surface area contributed by atoms with Crippen molar-refractivity contribution in [2.24, 2.45) is 5.73 Å². The van der Waals surface area contributed by atoms with Crippen molar-refractivity contribution < 1.29 is 4.42 Å². The van der Waals surface area contributed by atoms with Gasteiger partial charge >= 0.3 is 0 Å². The molecule has 1 aliphatic heterocycles. The highest BCUT2D eigenvalue weighted by Crippen LogP contribution is 2.18. The SMILES string of the molecule is CN1CCC(Nc2ccc(CN)o2)CC1. The number of rotatable bonds is 3. The average Bonchev–Trinajstić information content (AvgIpc) is 2.69. The molecule has 0 radical (unpaired) electrons. The topological polar surface area (TPSA) is 54.4 Å². The molecule has 3 N–H and O–H groups in total. The van der Waals surface area contributed by atoms with Crippen LogP contribution in [0, 0.1) is 0 Å². The van der Waals surface area contributed by atoms with Crippen LogP contribution in [0.15, 0.2) is 16.5 Å². The number of furan rings is 1. The van der Waals surface area contributed by atoms with Crippen LogP contribution in [0.4, 0.5) is 5.88 Å². The lowest BCUT2D eigenvalue weighted by molar-refractivity contribution is 0.262. The molecule has 0 bridgehead atoms. The Morgan fingerprint density at radius 1 is 1.47 bits per heavy atom. The van der Waals surface area contributed by atoms with Crippen molar-refractivity contribution in [3.8, 4) is 0 Å². The van der Waals surface area contributed by atoms with Gasteiger partial charge in [-0.25, -0.2) is 0 Å². The molecule has 0 aliphatic carbocycles. The van der Waals surface area contributed by atoms with E-state index in [9.17, 15) is 0 Å². The van der Waals surface area contributed by atoms with Crippen LogP contribution in [0.2, 0.25) is 0 Å². The summed E-state index contributed by atoms with van der Waals surface area (Å²) in [6.07, 6.45) is 2.35. The van der Waals surface area contributed by atoms with Gasteiger partial charge in [-0.3, -0.25) is 0 Å². The normalized spacial score (nSPS) is 19.3. The first-order valence-corrected chi connectivity index (χ1v) is 5.52. The summed E-state index contributed by atoms with van der Waals surface area (Å²) < 4.78 is 5.51. The van der Waals surface area contributed by atoms with Gasteiger partial charge in [0.2, 0.25) is 0 Å². The second-order valence-electron chi connectivity index (χ2n) is 4.19. The van der Waals surface area contributed by atoms with Gasteiger partial charge in [-0.2, -0.15) is 0 Å². The molecule has 84 valence electrons. The Kier molecular flexibility index (Phi) is 3.28. The summed E-state index contributed by atoms with van der Waals surface area (Å²) in [6.45, 7) is 2.78. The molecule has 15 heavy (non-hydrogen) atoms. The van der Waals surface area contributed by atoms with Gasteiger partial charge in [-0.1, -0.05) is 0 Å². The number of nitrogens with zero attached hydrogens (tertiary/aromatic N) is 1.